The van der Waals surface area contributed by atoms with Gasteiger partial charge >= 0.3 is 0 Å². The predicted octanol–water partition coefficient (Wildman–Crippen LogP) is 3.22. The molecule has 21 heavy (non-hydrogen) atoms. The van der Waals surface area contributed by atoms with Crippen LogP contribution in [0.4, 0.5) is 9.52 Å². The highest BCUT2D eigenvalue weighted by atomic mass is 32.1. The summed E-state index contributed by atoms with van der Waals surface area (Å²) in [5.74, 6) is -0.00293. The molecule has 0 aliphatic carbocycles. The number of carbonyl (C=O) groups excluding carboxylic acids is 1. The first-order valence-corrected chi connectivity index (χ1v) is 7.13. The fraction of sp³-hybridized carbons (Fsp3) is 0.214. The van der Waals surface area contributed by atoms with Crippen molar-refractivity contribution >= 4 is 32.6 Å². The lowest BCUT2D eigenvalue weighted by molar-refractivity contribution is -0.115. The molecule has 5 nitrogen and oxygen atoms in total. The minimum atomic E-state index is -0.394. The molecule has 0 bridgehead atoms. The van der Waals surface area contributed by atoms with Gasteiger partial charge in [0.2, 0.25) is 5.91 Å². The second-order valence-electron chi connectivity index (χ2n) is 4.63. The van der Waals surface area contributed by atoms with Crippen LogP contribution in [0, 0.1) is 19.7 Å². The monoisotopic (exact) mass is 305 g/mol. The largest absolute Gasteiger partial charge is 0.361 e. The van der Waals surface area contributed by atoms with Crippen molar-refractivity contribution in [3.05, 3.63) is 41.0 Å². The number of aryl methyl sites for hydroxylation is 2. The van der Waals surface area contributed by atoms with Crippen LogP contribution < -0.4 is 5.32 Å². The third-order valence-corrected chi connectivity index (χ3v) is 4.07. The Hall–Kier alpha value is -2.28. The first kappa shape index (κ1) is 13.7. The Morgan fingerprint density at radius 3 is 2.90 bits per heavy atom. The summed E-state index contributed by atoms with van der Waals surface area (Å²) < 4.78 is 19.3. The van der Waals surface area contributed by atoms with Gasteiger partial charge in [-0.15, -0.1) is 0 Å². The number of halogens is 1. The SMILES string of the molecule is Cc1noc(C)c1CC(=O)Nc1nc2c(F)cccc2s1. The van der Waals surface area contributed by atoms with Crippen molar-refractivity contribution in [1.82, 2.24) is 10.1 Å². The Kier molecular flexibility index (Phi) is 3.42. The fourth-order valence-electron chi connectivity index (χ4n) is 2.05. The molecular weight excluding hydrogens is 293 g/mol. The summed E-state index contributed by atoms with van der Waals surface area (Å²) in [6.07, 6.45) is 0.152. The number of hydrogen-bond acceptors (Lipinski definition) is 5. The zero-order valence-electron chi connectivity index (χ0n) is 11.4. The van der Waals surface area contributed by atoms with Gasteiger partial charge in [0.25, 0.3) is 0 Å². The number of aromatic nitrogens is 2. The van der Waals surface area contributed by atoms with E-state index in [0.29, 0.717) is 21.3 Å². The molecule has 0 saturated heterocycles. The summed E-state index contributed by atoms with van der Waals surface area (Å²) in [6.45, 7) is 3.54. The second-order valence-corrected chi connectivity index (χ2v) is 5.66. The Balaban J connectivity index is 1.79. The van der Waals surface area contributed by atoms with Crippen molar-refractivity contribution in [2.24, 2.45) is 0 Å². The maximum atomic E-state index is 13.6. The molecule has 0 radical (unpaired) electrons. The van der Waals surface area contributed by atoms with Gasteiger partial charge in [0, 0.05) is 5.56 Å². The van der Waals surface area contributed by atoms with Crippen molar-refractivity contribution < 1.29 is 13.7 Å². The van der Waals surface area contributed by atoms with E-state index in [4.69, 9.17) is 4.52 Å². The maximum absolute atomic E-state index is 13.6. The second kappa shape index (κ2) is 5.25. The number of benzene rings is 1. The highest BCUT2D eigenvalue weighted by Crippen LogP contribution is 2.27. The van der Waals surface area contributed by atoms with E-state index in [9.17, 15) is 9.18 Å². The maximum Gasteiger partial charge on any atom is 0.230 e. The van der Waals surface area contributed by atoms with Gasteiger partial charge < -0.3 is 9.84 Å². The first-order chi connectivity index (χ1) is 10.0. The Labute approximate surface area is 123 Å². The van der Waals surface area contributed by atoms with E-state index in [1.807, 2.05) is 0 Å². The van der Waals surface area contributed by atoms with Crippen LogP contribution in [-0.4, -0.2) is 16.0 Å². The standard InChI is InChI=1S/C14H12FN3O2S/c1-7-9(8(2)20-18-7)6-12(19)16-14-17-13-10(15)4-3-5-11(13)21-14/h3-5H,6H2,1-2H3,(H,16,17,19). The number of nitrogens with zero attached hydrogens (tertiary/aromatic N) is 2. The number of rotatable bonds is 3. The van der Waals surface area contributed by atoms with Gasteiger partial charge in [0.15, 0.2) is 5.13 Å². The molecule has 0 aliphatic rings. The van der Waals surface area contributed by atoms with Crippen LogP contribution in [0.15, 0.2) is 22.7 Å². The lowest BCUT2D eigenvalue weighted by atomic mass is 10.1. The molecule has 0 aliphatic heterocycles. The van der Waals surface area contributed by atoms with Gasteiger partial charge in [0.05, 0.1) is 16.8 Å². The van der Waals surface area contributed by atoms with Crippen molar-refractivity contribution in [1.29, 1.82) is 0 Å². The third-order valence-electron chi connectivity index (χ3n) is 3.13. The van der Waals surface area contributed by atoms with Gasteiger partial charge in [-0.1, -0.05) is 22.6 Å². The summed E-state index contributed by atoms with van der Waals surface area (Å²) in [6, 6.07) is 4.73. The van der Waals surface area contributed by atoms with Crippen molar-refractivity contribution in [2.75, 3.05) is 5.32 Å². The number of carbonyl (C=O) groups is 1. The van der Waals surface area contributed by atoms with E-state index >= 15 is 0 Å². The summed E-state index contributed by atoms with van der Waals surface area (Å²) in [5, 5.41) is 6.87. The van der Waals surface area contributed by atoms with Crippen LogP contribution in [0.2, 0.25) is 0 Å². The Morgan fingerprint density at radius 1 is 1.43 bits per heavy atom. The Bertz CT molecular complexity index is 805. The quantitative estimate of drug-likeness (QED) is 0.806. The fourth-order valence-corrected chi connectivity index (χ4v) is 2.94. The van der Waals surface area contributed by atoms with E-state index in [1.165, 1.54) is 17.4 Å². The molecule has 108 valence electrons. The summed E-state index contributed by atoms with van der Waals surface area (Å²) in [5.41, 5.74) is 1.73. The smallest absolute Gasteiger partial charge is 0.230 e. The third kappa shape index (κ3) is 2.64. The van der Waals surface area contributed by atoms with Gasteiger partial charge in [-0.05, 0) is 26.0 Å². The average Bonchev–Trinajstić information content (AvgIpc) is 2.97. The molecule has 0 fully saturated rings. The van der Waals surface area contributed by atoms with Crippen molar-refractivity contribution in [3.63, 3.8) is 0 Å². The Morgan fingerprint density at radius 2 is 2.24 bits per heavy atom. The molecule has 2 aromatic heterocycles. The average molecular weight is 305 g/mol. The summed E-state index contributed by atoms with van der Waals surface area (Å²) in [4.78, 5) is 16.1. The molecular formula is C14H12FN3O2S. The van der Waals surface area contributed by atoms with Crippen LogP contribution in [0.5, 0.6) is 0 Å². The molecule has 0 saturated carbocycles. The lowest BCUT2D eigenvalue weighted by Crippen LogP contribution is -2.14. The zero-order valence-corrected chi connectivity index (χ0v) is 12.3. The molecule has 7 heteroatoms. The van der Waals surface area contributed by atoms with Gasteiger partial charge in [-0.2, -0.15) is 0 Å². The van der Waals surface area contributed by atoms with E-state index in [1.54, 1.807) is 26.0 Å². The highest BCUT2D eigenvalue weighted by Gasteiger charge is 2.15. The van der Waals surface area contributed by atoms with Crippen molar-refractivity contribution in [3.8, 4) is 0 Å². The number of fused-ring (bicyclic) bond motifs is 1. The molecule has 1 amide bonds. The van der Waals surface area contributed by atoms with Crippen LogP contribution in [-0.2, 0) is 11.2 Å². The predicted molar refractivity (Wildman–Crippen MR) is 77.9 cm³/mol. The topological polar surface area (TPSA) is 68.0 Å². The van der Waals surface area contributed by atoms with E-state index in [-0.39, 0.29) is 17.8 Å². The molecule has 0 atom stereocenters. The number of amides is 1. The minimum absolute atomic E-state index is 0.152. The zero-order chi connectivity index (χ0) is 15.0. The lowest BCUT2D eigenvalue weighted by Gasteiger charge is -2.00. The van der Waals surface area contributed by atoms with Crippen LogP contribution >= 0.6 is 11.3 Å². The molecule has 2 heterocycles. The van der Waals surface area contributed by atoms with Crippen LogP contribution in [0.3, 0.4) is 0 Å². The molecule has 0 unspecified atom stereocenters. The number of para-hydroxylation sites is 1. The van der Waals surface area contributed by atoms with Crippen LogP contribution in [0.25, 0.3) is 10.2 Å². The van der Waals surface area contributed by atoms with E-state index < -0.39 is 5.82 Å². The van der Waals surface area contributed by atoms with Gasteiger partial charge in [-0.25, -0.2) is 9.37 Å². The van der Waals surface area contributed by atoms with E-state index in [2.05, 4.69) is 15.5 Å². The van der Waals surface area contributed by atoms with Gasteiger partial charge in [-0.3, -0.25) is 4.79 Å². The summed E-state index contributed by atoms with van der Waals surface area (Å²) in [7, 11) is 0. The number of nitrogens with one attached hydrogen (secondary N) is 1. The number of thiazole rings is 1. The number of hydrogen-bond donors (Lipinski definition) is 1. The molecule has 0 spiro atoms. The normalized spacial score (nSPS) is 11.0. The molecule has 3 rings (SSSR count). The number of anilines is 1. The van der Waals surface area contributed by atoms with E-state index in [0.717, 1.165) is 5.56 Å². The minimum Gasteiger partial charge on any atom is -0.361 e. The first-order valence-electron chi connectivity index (χ1n) is 6.31. The molecule has 1 aromatic carbocycles. The summed E-state index contributed by atoms with van der Waals surface area (Å²) >= 11 is 1.24. The van der Waals surface area contributed by atoms with Crippen LogP contribution in [0.1, 0.15) is 17.0 Å². The molecule has 3 aromatic rings. The van der Waals surface area contributed by atoms with Crippen molar-refractivity contribution in [2.45, 2.75) is 20.3 Å². The highest BCUT2D eigenvalue weighted by molar-refractivity contribution is 7.22. The van der Waals surface area contributed by atoms with Gasteiger partial charge in [0.1, 0.15) is 17.1 Å². The molecule has 1 N–H and O–H groups in total.